The van der Waals surface area contributed by atoms with Crippen LogP contribution in [0.4, 0.5) is 10.3 Å². The summed E-state index contributed by atoms with van der Waals surface area (Å²) in [6.07, 6.45) is 3.57. The van der Waals surface area contributed by atoms with E-state index in [1.54, 1.807) is 23.0 Å². The van der Waals surface area contributed by atoms with Crippen molar-refractivity contribution < 1.29 is 4.39 Å². The molecule has 0 unspecified atom stereocenters. The summed E-state index contributed by atoms with van der Waals surface area (Å²) in [4.78, 5) is 22.0. The minimum absolute atomic E-state index is 0. The summed E-state index contributed by atoms with van der Waals surface area (Å²) in [5.41, 5.74) is 2.64. The van der Waals surface area contributed by atoms with Gasteiger partial charge in [0.2, 0.25) is 5.95 Å². The second-order valence-corrected chi connectivity index (χ2v) is 6.85. The first-order valence-electron chi connectivity index (χ1n) is 9.28. The Kier molecular flexibility index (Phi) is 5.63. The summed E-state index contributed by atoms with van der Waals surface area (Å²) in [7, 11) is 0. The fourth-order valence-corrected chi connectivity index (χ4v) is 3.43. The smallest absolute Gasteiger partial charge is 0.275 e. The molecule has 0 radical (unpaired) electrons. The summed E-state index contributed by atoms with van der Waals surface area (Å²) in [6, 6.07) is 8.11. The molecular weight excluding hydrogens is 357 g/mol. The second-order valence-electron chi connectivity index (χ2n) is 6.85. The van der Waals surface area contributed by atoms with E-state index < -0.39 is 0 Å². The third kappa shape index (κ3) is 3.44. The molecule has 0 spiro atoms. The summed E-state index contributed by atoms with van der Waals surface area (Å²) in [5.74, 6) is 0.215. The monoisotopic (exact) mass is 383 g/mol. The van der Waals surface area contributed by atoms with Gasteiger partial charge >= 0.3 is 0 Å². The van der Waals surface area contributed by atoms with Crippen LogP contribution in [-0.4, -0.2) is 25.4 Å². The molecule has 0 fully saturated rings. The Morgan fingerprint density at radius 1 is 1.18 bits per heavy atom. The van der Waals surface area contributed by atoms with Gasteiger partial charge in [0.25, 0.3) is 5.56 Å². The highest BCUT2D eigenvalue weighted by Gasteiger charge is 2.26. The molecule has 1 N–H and O–H groups in total. The Balaban J connectivity index is 0.00000225. The summed E-state index contributed by atoms with van der Waals surface area (Å²) in [5, 5.41) is 3.28. The van der Waals surface area contributed by atoms with E-state index in [1.165, 1.54) is 12.1 Å². The molecule has 7 heteroatoms. The lowest BCUT2D eigenvalue weighted by atomic mass is 10.0. The minimum Gasteiger partial charge on any atom is -0.352 e. The predicted molar refractivity (Wildman–Crippen MR) is 110 cm³/mol. The molecule has 28 heavy (non-hydrogen) atoms. The molecular formula is C21H26FN5O. The van der Waals surface area contributed by atoms with Crippen molar-refractivity contribution in [1.82, 2.24) is 19.3 Å². The predicted octanol–water partition coefficient (Wildman–Crippen LogP) is 4.16. The number of nitrogens with one attached hydrogen (secondary N) is 1. The van der Waals surface area contributed by atoms with Crippen molar-refractivity contribution in [3.05, 3.63) is 52.7 Å². The van der Waals surface area contributed by atoms with Crippen LogP contribution in [0.25, 0.3) is 22.5 Å². The van der Waals surface area contributed by atoms with E-state index >= 15 is 0 Å². The average Bonchev–Trinajstić information content (AvgIpc) is 3.25. The maximum absolute atomic E-state index is 13.4. The molecule has 1 aliphatic heterocycles. The van der Waals surface area contributed by atoms with Crippen LogP contribution >= 0.6 is 0 Å². The number of anilines is 1. The van der Waals surface area contributed by atoms with Crippen LogP contribution in [-0.2, 0) is 13.1 Å². The van der Waals surface area contributed by atoms with Gasteiger partial charge in [0, 0.05) is 25.3 Å². The number of nitrogens with zero attached hydrogens (tertiary/aromatic N) is 4. The van der Waals surface area contributed by atoms with Crippen LogP contribution in [0.5, 0.6) is 0 Å². The molecule has 3 aromatic rings. The van der Waals surface area contributed by atoms with Crippen molar-refractivity contribution in [2.24, 2.45) is 0 Å². The zero-order chi connectivity index (χ0) is 19.0. The Morgan fingerprint density at radius 2 is 1.89 bits per heavy atom. The lowest BCUT2D eigenvalue weighted by Crippen LogP contribution is -2.17. The molecule has 0 amide bonds. The Morgan fingerprint density at radius 3 is 2.61 bits per heavy atom. The van der Waals surface area contributed by atoms with Crippen LogP contribution in [0.3, 0.4) is 0 Å². The maximum Gasteiger partial charge on any atom is 0.275 e. The van der Waals surface area contributed by atoms with Gasteiger partial charge in [-0.3, -0.25) is 9.48 Å². The topological polar surface area (TPSA) is 64.7 Å². The van der Waals surface area contributed by atoms with Gasteiger partial charge in [-0.05, 0) is 43.5 Å². The molecule has 6 nitrogen and oxygen atoms in total. The van der Waals surface area contributed by atoms with E-state index in [0.717, 1.165) is 25.1 Å². The molecule has 1 aromatic carbocycles. The van der Waals surface area contributed by atoms with E-state index in [1.807, 2.05) is 10.7 Å². The number of benzene rings is 1. The van der Waals surface area contributed by atoms with Crippen LogP contribution < -0.4 is 10.9 Å². The Bertz CT molecular complexity index is 1020. The third-order valence-corrected chi connectivity index (χ3v) is 4.99. The summed E-state index contributed by atoms with van der Waals surface area (Å²) in [6.45, 7) is 5.59. The number of hydrogen-bond donors (Lipinski definition) is 1. The van der Waals surface area contributed by atoms with Crippen LogP contribution in [0.15, 0.2) is 41.3 Å². The largest absolute Gasteiger partial charge is 0.352 e. The van der Waals surface area contributed by atoms with Gasteiger partial charge in [-0.2, -0.15) is 0 Å². The Labute approximate surface area is 164 Å². The fourth-order valence-electron chi connectivity index (χ4n) is 3.43. The minimum atomic E-state index is -0.325. The first-order chi connectivity index (χ1) is 13.1. The molecule has 4 rings (SSSR count). The molecule has 2 aromatic heterocycles. The molecule has 0 aliphatic carbocycles. The van der Waals surface area contributed by atoms with E-state index in [9.17, 15) is 9.18 Å². The van der Waals surface area contributed by atoms with E-state index in [4.69, 9.17) is 0 Å². The number of hydrogen-bond acceptors (Lipinski definition) is 4. The molecule has 0 bridgehead atoms. The highest BCUT2D eigenvalue weighted by atomic mass is 19.1. The lowest BCUT2D eigenvalue weighted by Gasteiger charge is -2.13. The first kappa shape index (κ1) is 19.8. The third-order valence-electron chi connectivity index (χ3n) is 4.99. The van der Waals surface area contributed by atoms with Gasteiger partial charge < -0.3 is 5.32 Å². The summed E-state index contributed by atoms with van der Waals surface area (Å²) < 4.78 is 17.1. The molecule has 0 saturated carbocycles. The van der Waals surface area contributed by atoms with Crippen molar-refractivity contribution in [2.75, 3.05) is 5.32 Å². The van der Waals surface area contributed by atoms with Crippen LogP contribution in [0.1, 0.15) is 34.1 Å². The van der Waals surface area contributed by atoms with Crippen LogP contribution in [0, 0.1) is 5.82 Å². The number of aromatic nitrogens is 4. The van der Waals surface area contributed by atoms with Gasteiger partial charge in [-0.1, -0.05) is 26.5 Å². The SMILES string of the molecule is C.CC[C@H](C)Nc1nccc(-c2c(-c3ccc(F)cc3)c(=O)n3n2CCC3)n1. The number of fused-ring (bicyclic) bond motifs is 1. The van der Waals surface area contributed by atoms with Crippen molar-refractivity contribution >= 4 is 5.95 Å². The van der Waals surface area contributed by atoms with Crippen molar-refractivity contribution in [2.45, 2.75) is 53.2 Å². The van der Waals surface area contributed by atoms with Gasteiger partial charge in [0.05, 0.1) is 17.0 Å². The standard InChI is InChI=1S/C20H22FN5O.CH4/c1-3-13(2)23-20-22-10-9-16(24-20)18-17(14-5-7-15(21)8-6-14)19(27)26-12-4-11-25(18)26;/h5-10,13H,3-4,11-12H2,1-2H3,(H,22,23,24);1H4/t13-;/m0./s1. The van der Waals surface area contributed by atoms with E-state index in [2.05, 4.69) is 29.1 Å². The van der Waals surface area contributed by atoms with Gasteiger partial charge in [0.15, 0.2) is 0 Å². The highest BCUT2D eigenvalue weighted by molar-refractivity contribution is 5.79. The highest BCUT2D eigenvalue weighted by Crippen LogP contribution is 2.31. The van der Waals surface area contributed by atoms with Crippen LogP contribution in [0.2, 0.25) is 0 Å². The fraction of sp³-hybridized carbons (Fsp3) is 0.381. The molecule has 1 aliphatic rings. The van der Waals surface area contributed by atoms with Gasteiger partial charge in [-0.15, -0.1) is 0 Å². The quantitative estimate of drug-likeness (QED) is 0.718. The number of halogens is 1. The van der Waals surface area contributed by atoms with Crippen molar-refractivity contribution in [1.29, 1.82) is 0 Å². The van der Waals surface area contributed by atoms with E-state index in [-0.39, 0.29) is 24.8 Å². The lowest BCUT2D eigenvalue weighted by molar-refractivity contribution is 0.599. The first-order valence-corrected chi connectivity index (χ1v) is 9.28. The number of rotatable bonds is 5. The molecule has 0 saturated heterocycles. The maximum atomic E-state index is 13.4. The van der Waals surface area contributed by atoms with Gasteiger partial charge in [-0.25, -0.2) is 19.0 Å². The second kappa shape index (κ2) is 7.96. The average molecular weight is 383 g/mol. The van der Waals surface area contributed by atoms with E-state index in [0.29, 0.717) is 29.3 Å². The van der Waals surface area contributed by atoms with Gasteiger partial charge in [0.1, 0.15) is 5.82 Å². The molecule has 148 valence electrons. The van der Waals surface area contributed by atoms with Crippen molar-refractivity contribution in [3.8, 4) is 22.5 Å². The summed E-state index contributed by atoms with van der Waals surface area (Å²) >= 11 is 0. The normalized spacial score (nSPS) is 13.7. The van der Waals surface area contributed by atoms with Crippen molar-refractivity contribution in [3.63, 3.8) is 0 Å². The molecule has 1 atom stereocenters. The molecule has 3 heterocycles. The zero-order valence-electron chi connectivity index (χ0n) is 15.4. The Hall–Kier alpha value is -2.96. The zero-order valence-corrected chi connectivity index (χ0v) is 15.4.